The Kier molecular flexibility index (Phi) is 4.42. The molecule has 0 aliphatic carbocycles. The molecule has 0 aliphatic rings. The van der Waals surface area contributed by atoms with Gasteiger partial charge in [0.25, 0.3) is 5.89 Å². The predicted molar refractivity (Wildman–Crippen MR) is 89.3 cm³/mol. The van der Waals surface area contributed by atoms with E-state index in [0.29, 0.717) is 11.8 Å². The zero-order chi connectivity index (χ0) is 16.2. The second-order valence-corrected chi connectivity index (χ2v) is 5.65. The van der Waals surface area contributed by atoms with Gasteiger partial charge < -0.3 is 9.15 Å². The van der Waals surface area contributed by atoms with Gasteiger partial charge in [0.15, 0.2) is 6.10 Å². The molecule has 0 saturated heterocycles. The molecule has 4 nitrogen and oxygen atoms in total. The molecule has 1 heterocycles. The van der Waals surface area contributed by atoms with E-state index in [2.05, 4.69) is 30.1 Å². The molecule has 0 fully saturated rings. The Morgan fingerprint density at radius 1 is 1.00 bits per heavy atom. The number of ether oxygens (including phenoxy) is 1. The molecule has 1 atom stereocenters. The molecular weight excluding hydrogens is 288 g/mol. The first-order valence-electron chi connectivity index (χ1n) is 7.79. The van der Waals surface area contributed by atoms with Gasteiger partial charge in [-0.05, 0) is 55.7 Å². The van der Waals surface area contributed by atoms with Gasteiger partial charge in [-0.25, -0.2) is 0 Å². The van der Waals surface area contributed by atoms with Crippen LogP contribution in [0.1, 0.15) is 36.5 Å². The van der Waals surface area contributed by atoms with Crippen molar-refractivity contribution in [2.24, 2.45) is 0 Å². The number of benzene rings is 2. The van der Waals surface area contributed by atoms with Gasteiger partial charge in [0.05, 0.1) is 0 Å². The maximum absolute atomic E-state index is 6.06. The molecule has 3 rings (SSSR count). The molecule has 0 saturated carbocycles. The lowest BCUT2D eigenvalue weighted by molar-refractivity contribution is 0.166. The molecule has 3 aromatic rings. The van der Waals surface area contributed by atoms with Crippen LogP contribution in [0.2, 0.25) is 0 Å². The summed E-state index contributed by atoms with van der Waals surface area (Å²) in [5.41, 5.74) is 3.25. The molecule has 0 amide bonds. The van der Waals surface area contributed by atoms with Crippen LogP contribution in [0.4, 0.5) is 0 Å². The minimum absolute atomic E-state index is 0.249. The summed E-state index contributed by atoms with van der Waals surface area (Å²) in [5.74, 6) is 1.85. The number of hydrogen-bond donors (Lipinski definition) is 0. The summed E-state index contributed by atoms with van der Waals surface area (Å²) in [6.07, 6.45) is 0.504. The van der Waals surface area contributed by atoms with Crippen molar-refractivity contribution >= 4 is 0 Å². The van der Waals surface area contributed by atoms with Gasteiger partial charge in [-0.2, -0.15) is 0 Å². The van der Waals surface area contributed by atoms with Gasteiger partial charge in [-0.1, -0.05) is 31.2 Å². The maximum Gasteiger partial charge on any atom is 0.257 e. The van der Waals surface area contributed by atoms with Crippen LogP contribution in [0.25, 0.3) is 11.5 Å². The lowest BCUT2D eigenvalue weighted by Crippen LogP contribution is -2.07. The predicted octanol–water partition coefficient (Wildman–Crippen LogP) is 4.88. The third-order valence-corrected chi connectivity index (χ3v) is 3.58. The molecule has 23 heavy (non-hydrogen) atoms. The highest BCUT2D eigenvalue weighted by Gasteiger charge is 2.19. The highest BCUT2D eigenvalue weighted by atomic mass is 16.5. The molecule has 118 valence electrons. The summed E-state index contributed by atoms with van der Waals surface area (Å²) in [4.78, 5) is 0. The quantitative estimate of drug-likeness (QED) is 0.673. The summed E-state index contributed by atoms with van der Waals surface area (Å²) in [7, 11) is 0. The van der Waals surface area contributed by atoms with Gasteiger partial charge in [-0.15, -0.1) is 10.2 Å². The first-order chi connectivity index (χ1) is 11.2. The van der Waals surface area contributed by atoms with Crippen molar-refractivity contribution in [1.29, 1.82) is 0 Å². The van der Waals surface area contributed by atoms with E-state index in [-0.39, 0.29) is 6.10 Å². The minimum atomic E-state index is -0.249. The molecule has 2 aromatic carbocycles. The van der Waals surface area contributed by atoms with Crippen molar-refractivity contribution in [3.8, 4) is 17.2 Å². The second kappa shape index (κ2) is 6.65. The molecule has 1 unspecified atom stereocenters. The Morgan fingerprint density at radius 2 is 1.70 bits per heavy atom. The highest BCUT2D eigenvalue weighted by Crippen LogP contribution is 2.27. The van der Waals surface area contributed by atoms with Crippen LogP contribution in [-0.4, -0.2) is 10.2 Å². The van der Waals surface area contributed by atoms with Gasteiger partial charge in [0.1, 0.15) is 5.75 Å². The summed E-state index contributed by atoms with van der Waals surface area (Å²) < 4.78 is 11.9. The van der Waals surface area contributed by atoms with Gasteiger partial charge in [0.2, 0.25) is 5.89 Å². The largest absolute Gasteiger partial charge is 0.481 e. The van der Waals surface area contributed by atoms with E-state index < -0.39 is 0 Å². The fourth-order valence-corrected chi connectivity index (χ4v) is 2.54. The Hall–Kier alpha value is -2.62. The third kappa shape index (κ3) is 3.59. The van der Waals surface area contributed by atoms with Crippen molar-refractivity contribution in [3.63, 3.8) is 0 Å². The zero-order valence-electron chi connectivity index (χ0n) is 13.6. The van der Waals surface area contributed by atoms with Crippen LogP contribution >= 0.6 is 0 Å². The average Bonchev–Trinajstić information content (AvgIpc) is 3.02. The summed E-state index contributed by atoms with van der Waals surface area (Å²) in [6.45, 7) is 6.15. The van der Waals surface area contributed by atoms with E-state index in [1.165, 1.54) is 11.1 Å². The van der Waals surface area contributed by atoms with Crippen LogP contribution in [0.5, 0.6) is 5.75 Å². The minimum Gasteiger partial charge on any atom is -0.481 e. The van der Waals surface area contributed by atoms with E-state index in [1.807, 2.05) is 49.4 Å². The van der Waals surface area contributed by atoms with Gasteiger partial charge in [-0.3, -0.25) is 0 Å². The van der Waals surface area contributed by atoms with Crippen molar-refractivity contribution in [2.45, 2.75) is 33.3 Å². The van der Waals surface area contributed by atoms with Crippen LogP contribution in [0.15, 0.2) is 52.9 Å². The molecule has 4 heteroatoms. The van der Waals surface area contributed by atoms with Gasteiger partial charge in [0, 0.05) is 5.56 Å². The van der Waals surface area contributed by atoms with Crippen molar-refractivity contribution < 1.29 is 9.15 Å². The number of hydrogen-bond acceptors (Lipinski definition) is 4. The van der Waals surface area contributed by atoms with E-state index >= 15 is 0 Å². The standard InChI is InChI=1S/C19H20N2O2/c1-4-17(22-16-11-13(2)10-14(3)12-16)19-21-20-18(23-19)15-8-6-5-7-9-15/h5-12,17H,4H2,1-3H3. The van der Waals surface area contributed by atoms with Crippen LogP contribution in [-0.2, 0) is 0 Å². The normalized spacial score (nSPS) is 12.1. The Labute approximate surface area is 136 Å². The lowest BCUT2D eigenvalue weighted by atomic mass is 10.1. The average molecular weight is 308 g/mol. The van der Waals surface area contributed by atoms with Crippen molar-refractivity contribution in [3.05, 3.63) is 65.5 Å². The van der Waals surface area contributed by atoms with Crippen molar-refractivity contribution in [1.82, 2.24) is 10.2 Å². The molecule has 0 aliphatic heterocycles. The van der Waals surface area contributed by atoms with Gasteiger partial charge >= 0.3 is 0 Å². The van der Waals surface area contributed by atoms with Crippen LogP contribution < -0.4 is 4.74 Å². The molecule has 0 radical (unpaired) electrons. The SMILES string of the molecule is CCC(Oc1cc(C)cc(C)c1)c1nnc(-c2ccccc2)o1. The molecule has 1 aromatic heterocycles. The number of aryl methyl sites for hydroxylation is 2. The number of rotatable bonds is 5. The molecular formula is C19H20N2O2. The zero-order valence-corrected chi connectivity index (χ0v) is 13.6. The highest BCUT2D eigenvalue weighted by molar-refractivity contribution is 5.51. The Morgan fingerprint density at radius 3 is 2.35 bits per heavy atom. The first-order valence-corrected chi connectivity index (χ1v) is 7.79. The maximum atomic E-state index is 6.06. The smallest absolute Gasteiger partial charge is 0.257 e. The third-order valence-electron chi connectivity index (χ3n) is 3.58. The molecule has 0 bridgehead atoms. The summed E-state index contributed by atoms with van der Waals surface area (Å²) in [5, 5.41) is 8.30. The fourth-order valence-electron chi connectivity index (χ4n) is 2.54. The number of nitrogens with zero attached hydrogens (tertiary/aromatic N) is 2. The monoisotopic (exact) mass is 308 g/mol. The van der Waals surface area contributed by atoms with Crippen LogP contribution in [0, 0.1) is 13.8 Å². The Balaban J connectivity index is 1.82. The molecule has 0 N–H and O–H groups in total. The number of aromatic nitrogens is 2. The van der Waals surface area contributed by atoms with E-state index in [1.54, 1.807) is 0 Å². The lowest BCUT2D eigenvalue weighted by Gasteiger charge is -2.15. The topological polar surface area (TPSA) is 48.2 Å². The summed E-state index contributed by atoms with van der Waals surface area (Å²) in [6, 6.07) is 15.9. The van der Waals surface area contributed by atoms with Crippen molar-refractivity contribution in [2.75, 3.05) is 0 Å². The Bertz CT molecular complexity index is 761. The van der Waals surface area contributed by atoms with E-state index in [0.717, 1.165) is 17.7 Å². The van der Waals surface area contributed by atoms with E-state index in [4.69, 9.17) is 9.15 Å². The first kappa shape index (κ1) is 15.3. The fraction of sp³-hybridized carbons (Fsp3) is 0.263. The van der Waals surface area contributed by atoms with E-state index in [9.17, 15) is 0 Å². The molecule has 0 spiro atoms. The summed E-state index contributed by atoms with van der Waals surface area (Å²) >= 11 is 0. The second-order valence-electron chi connectivity index (χ2n) is 5.65. The van der Waals surface area contributed by atoms with Crippen LogP contribution in [0.3, 0.4) is 0 Å².